The molecule has 5 heteroatoms. The fourth-order valence-electron chi connectivity index (χ4n) is 2.56. The van der Waals surface area contributed by atoms with Gasteiger partial charge in [0.25, 0.3) is 5.91 Å². The molecule has 21 heavy (non-hydrogen) atoms. The maximum absolute atomic E-state index is 12.6. The number of hydrogen-bond donors (Lipinski definition) is 0. The third-order valence-corrected chi connectivity index (χ3v) is 4.18. The number of hydrogen-bond acceptors (Lipinski definition) is 3. The molecule has 116 valence electrons. The summed E-state index contributed by atoms with van der Waals surface area (Å²) >= 11 is 6.05. The van der Waals surface area contributed by atoms with Crippen LogP contribution in [0.2, 0.25) is 5.15 Å². The zero-order valence-corrected chi connectivity index (χ0v) is 14.0. The lowest BCUT2D eigenvalue weighted by Crippen LogP contribution is -2.50. The number of rotatable bonds is 3. The number of pyridine rings is 1. The monoisotopic (exact) mass is 309 g/mol. The lowest BCUT2D eigenvalue weighted by Gasteiger charge is -2.37. The van der Waals surface area contributed by atoms with Gasteiger partial charge in [-0.1, -0.05) is 25.4 Å². The van der Waals surface area contributed by atoms with E-state index in [1.807, 2.05) is 24.8 Å². The molecule has 4 nitrogen and oxygen atoms in total. The molecule has 1 fully saturated rings. The van der Waals surface area contributed by atoms with Crippen LogP contribution in [0.15, 0.2) is 12.1 Å². The number of carbonyl (C=O) groups is 1. The second kappa shape index (κ2) is 6.75. The second-order valence-corrected chi connectivity index (χ2v) is 6.57. The number of nitrogens with zero attached hydrogens (tertiary/aromatic N) is 3. The number of carbonyl (C=O) groups excluding carboxylic acids is 1. The Morgan fingerprint density at radius 2 is 1.76 bits per heavy atom. The van der Waals surface area contributed by atoms with Gasteiger partial charge in [-0.15, -0.1) is 0 Å². The molecule has 0 saturated carbocycles. The smallest absolute Gasteiger partial charge is 0.254 e. The highest BCUT2D eigenvalue weighted by Crippen LogP contribution is 2.19. The van der Waals surface area contributed by atoms with Gasteiger partial charge < -0.3 is 4.90 Å². The molecule has 0 aromatic carbocycles. The first-order valence-electron chi connectivity index (χ1n) is 7.59. The first kappa shape index (κ1) is 16.2. The summed E-state index contributed by atoms with van der Waals surface area (Å²) in [5.74, 6) is 0.317. The molecular formula is C16H24ClN3O. The number of halogens is 1. The molecule has 0 atom stereocenters. The van der Waals surface area contributed by atoms with Crippen molar-refractivity contribution < 1.29 is 4.79 Å². The molecule has 0 aliphatic carbocycles. The SMILES string of the molecule is CC(C)c1cc(C(=O)N2CCN(C(C)C)CC2)cc(Cl)n1. The molecule has 2 rings (SSSR count). The van der Waals surface area contributed by atoms with Crippen LogP contribution in [0.1, 0.15) is 49.7 Å². The fourth-order valence-corrected chi connectivity index (χ4v) is 2.78. The van der Waals surface area contributed by atoms with Gasteiger partial charge in [0.15, 0.2) is 0 Å². The largest absolute Gasteiger partial charge is 0.336 e. The number of aromatic nitrogens is 1. The first-order chi connectivity index (χ1) is 9.88. The molecule has 1 amide bonds. The molecule has 0 radical (unpaired) electrons. The molecule has 2 heterocycles. The first-order valence-corrected chi connectivity index (χ1v) is 7.97. The highest BCUT2D eigenvalue weighted by atomic mass is 35.5. The van der Waals surface area contributed by atoms with E-state index in [0.717, 1.165) is 31.9 Å². The van der Waals surface area contributed by atoms with Crippen molar-refractivity contribution in [3.8, 4) is 0 Å². The van der Waals surface area contributed by atoms with Crippen LogP contribution in [0.4, 0.5) is 0 Å². The van der Waals surface area contributed by atoms with Crippen molar-refractivity contribution in [1.29, 1.82) is 0 Å². The minimum absolute atomic E-state index is 0.0598. The van der Waals surface area contributed by atoms with Crippen molar-refractivity contribution in [3.63, 3.8) is 0 Å². The Morgan fingerprint density at radius 3 is 2.29 bits per heavy atom. The summed E-state index contributed by atoms with van der Waals surface area (Å²) in [5.41, 5.74) is 1.52. The topological polar surface area (TPSA) is 36.4 Å². The van der Waals surface area contributed by atoms with E-state index >= 15 is 0 Å². The van der Waals surface area contributed by atoms with Crippen molar-refractivity contribution in [1.82, 2.24) is 14.8 Å². The molecule has 0 bridgehead atoms. The van der Waals surface area contributed by atoms with Gasteiger partial charge >= 0.3 is 0 Å². The van der Waals surface area contributed by atoms with Crippen LogP contribution in [0.3, 0.4) is 0 Å². The van der Waals surface area contributed by atoms with Crippen LogP contribution in [-0.4, -0.2) is 52.9 Å². The summed E-state index contributed by atoms with van der Waals surface area (Å²) in [4.78, 5) is 21.2. The summed E-state index contributed by atoms with van der Waals surface area (Å²) in [7, 11) is 0. The third kappa shape index (κ3) is 3.95. The molecule has 1 aliphatic heterocycles. The predicted octanol–water partition coefficient (Wildman–Crippen LogP) is 3.02. The molecule has 0 unspecified atom stereocenters. The summed E-state index contributed by atoms with van der Waals surface area (Å²) in [6.45, 7) is 11.9. The molecule has 1 aromatic rings. The molecule has 1 aliphatic rings. The molecule has 1 aromatic heterocycles. The highest BCUT2D eigenvalue weighted by Gasteiger charge is 2.24. The van der Waals surface area contributed by atoms with Gasteiger partial charge in [-0.25, -0.2) is 4.98 Å². The minimum Gasteiger partial charge on any atom is -0.336 e. The van der Waals surface area contributed by atoms with E-state index in [-0.39, 0.29) is 11.8 Å². The standard InChI is InChI=1S/C16H24ClN3O/c1-11(2)14-9-13(10-15(17)18-14)16(21)20-7-5-19(6-8-20)12(3)4/h9-12H,5-8H2,1-4H3. The predicted molar refractivity (Wildman–Crippen MR) is 85.9 cm³/mol. The highest BCUT2D eigenvalue weighted by molar-refractivity contribution is 6.29. The van der Waals surface area contributed by atoms with Crippen molar-refractivity contribution in [2.24, 2.45) is 0 Å². The normalized spacial score (nSPS) is 16.8. The van der Waals surface area contributed by atoms with E-state index in [1.54, 1.807) is 6.07 Å². The summed E-state index contributed by atoms with van der Waals surface area (Å²) < 4.78 is 0. The molecule has 1 saturated heterocycles. The lowest BCUT2D eigenvalue weighted by molar-refractivity contribution is 0.0595. The Kier molecular flexibility index (Phi) is 5.22. The van der Waals surface area contributed by atoms with Gasteiger partial charge in [-0.2, -0.15) is 0 Å². The Hall–Kier alpha value is -1.13. The summed E-state index contributed by atoms with van der Waals surface area (Å²) in [6.07, 6.45) is 0. The van der Waals surface area contributed by atoms with Crippen LogP contribution >= 0.6 is 11.6 Å². The van der Waals surface area contributed by atoms with Gasteiger partial charge in [-0.05, 0) is 31.9 Å². The average molecular weight is 310 g/mol. The Labute approximate surface area is 132 Å². The number of amides is 1. The van der Waals surface area contributed by atoms with E-state index in [9.17, 15) is 4.79 Å². The molecule has 0 N–H and O–H groups in total. The minimum atomic E-state index is 0.0598. The van der Waals surface area contributed by atoms with Gasteiger partial charge in [0.1, 0.15) is 5.15 Å². The maximum Gasteiger partial charge on any atom is 0.254 e. The van der Waals surface area contributed by atoms with Crippen molar-refractivity contribution in [2.45, 2.75) is 39.7 Å². The van der Waals surface area contributed by atoms with Gasteiger partial charge in [0.05, 0.1) is 0 Å². The van der Waals surface area contributed by atoms with Gasteiger partial charge in [0, 0.05) is 43.5 Å². The van der Waals surface area contributed by atoms with Crippen LogP contribution in [0.25, 0.3) is 0 Å². The second-order valence-electron chi connectivity index (χ2n) is 6.18. The molecule has 0 spiro atoms. The fraction of sp³-hybridized carbons (Fsp3) is 0.625. The summed E-state index contributed by atoms with van der Waals surface area (Å²) in [5, 5.41) is 0.394. The van der Waals surface area contributed by atoms with Crippen LogP contribution in [0, 0.1) is 0 Å². The number of piperazine rings is 1. The zero-order valence-electron chi connectivity index (χ0n) is 13.3. The van der Waals surface area contributed by atoms with Crippen LogP contribution in [0.5, 0.6) is 0 Å². The van der Waals surface area contributed by atoms with E-state index in [0.29, 0.717) is 16.8 Å². The zero-order chi connectivity index (χ0) is 15.6. The van der Waals surface area contributed by atoms with Crippen LogP contribution in [-0.2, 0) is 0 Å². The van der Waals surface area contributed by atoms with E-state index in [1.165, 1.54) is 0 Å². The van der Waals surface area contributed by atoms with Crippen molar-refractivity contribution in [2.75, 3.05) is 26.2 Å². The molecular weight excluding hydrogens is 286 g/mol. The lowest BCUT2D eigenvalue weighted by atomic mass is 10.1. The third-order valence-electron chi connectivity index (χ3n) is 3.98. The maximum atomic E-state index is 12.6. The van der Waals surface area contributed by atoms with Crippen molar-refractivity contribution >= 4 is 17.5 Å². The van der Waals surface area contributed by atoms with E-state index in [2.05, 4.69) is 23.7 Å². The van der Waals surface area contributed by atoms with E-state index < -0.39 is 0 Å². The Balaban J connectivity index is 2.11. The van der Waals surface area contributed by atoms with Gasteiger partial charge in [0.2, 0.25) is 0 Å². The quantitative estimate of drug-likeness (QED) is 0.805. The summed E-state index contributed by atoms with van der Waals surface area (Å²) in [6, 6.07) is 4.07. The Bertz CT molecular complexity index is 508. The van der Waals surface area contributed by atoms with E-state index in [4.69, 9.17) is 11.6 Å². The van der Waals surface area contributed by atoms with Gasteiger partial charge in [-0.3, -0.25) is 9.69 Å². The van der Waals surface area contributed by atoms with Crippen molar-refractivity contribution in [3.05, 3.63) is 28.5 Å². The van der Waals surface area contributed by atoms with Crippen LogP contribution < -0.4 is 0 Å². The average Bonchev–Trinajstić information content (AvgIpc) is 2.45. The Morgan fingerprint density at radius 1 is 1.14 bits per heavy atom.